The van der Waals surface area contributed by atoms with Crippen molar-refractivity contribution < 1.29 is 18.6 Å². The van der Waals surface area contributed by atoms with Crippen molar-refractivity contribution in [3.8, 4) is 0 Å². The lowest BCUT2D eigenvalue weighted by molar-refractivity contribution is -0.0668. The lowest BCUT2D eigenvalue weighted by atomic mass is 9.99. The summed E-state index contributed by atoms with van der Waals surface area (Å²) in [6.45, 7) is 16.1. The fourth-order valence-electron chi connectivity index (χ4n) is 2.69. The van der Waals surface area contributed by atoms with Gasteiger partial charge in [0.25, 0.3) is 0 Å². The van der Waals surface area contributed by atoms with Crippen LogP contribution in [-0.4, -0.2) is 47.1 Å². The van der Waals surface area contributed by atoms with Crippen molar-refractivity contribution in [2.24, 2.45) is 5.92 Å². The Hall–Kier alpha value is -0.203. The standard InChI is InChI=1S/C18H36O4Si/c1-13(2)18(4,5)23(8,9)22-14(3)12-16-15(21-16)10-11-17(19-6)20-7/h10-11,13-17H,12H2,1-9H3/b11-10-/t14-,15+,16+/m1/s1. The Morgan fingerprint density at radius 2 is 1.70 bits per heavy atom. The summed E-state index contributed by atoms with van der Waals surface area (Å²) in [7, 11) is 1.48. The van der Waals surface area contributed by atoms with Crippen molar-refractivity contribution in [3.05, 3.63) is 12.2 Å². The minimum atomic E-state index is -1.78. The summed E-state index contributed by atoms with van der Waals surface area (Å²) < 4.78 is 22.5. The number of hydrogen-bond acceptors (Lipinski definition) is 4. The maximum atomic E-state index is 6.52. The van der Waals surface area contributed by atoms with Gasteiger partial charge in [-0.3, -0.25) is 0 Å². The molecule has 0 radical (unpaired) electrons. The third-order valence-corrected chi connectivity index (χ3v) is 10.3. The number of hydrogen-bond donors (Lipinski definition) is 0. The second-order valence-electron chi connectivity index (χ2n) is 7.91. The highest BCUT2D eigenvalue weighted by Crippen LogP contribution is 2.45. The van der Waals surface area contributed by atoms with Crippen molar-refractivity contribution in [1.29, 1.82) is 0 Å². The van der Waals surface area contributed by atoms with Gasteiger partial charge in [0, 0.05) is 26.7 Å². The van der Waals surface area contributed by atoms with Crippen LogP contribution in [0.15, 0.2) is 12.2 Å². The highest BCUT2D eigenvalue weighted by Gasteiger charge is 2.45. The minimum Gasteiger partial charge on any atom is -0.414 e. The number of rotatable bonds is 10. The predicted octanol–water partition coefficient (Wildman–Crippen LogP) is 4.37. The predicted molar refractivity (Wildman–Crippen MR) is 97.1 cm³/mol. The van der Waals surface area contributed by atoms with Crippen LogP contribution >= 0.6 is 0 Å². The van der Waals surface area contributed by atoms with E-state index in [1.54, 1.807) is 14.2 Å². The third kappa shape index (κ3) is 5.68. The fraction of sp³-hybridized carbons (Fsp3) is 0.889. The molecule has 1 heterocycles. The molecule has 0 amide bonds. The van der Waals surface area contributed by atoms with E-state index in [0.29, 0.717) is 5.92 Å². The Kier molecular flexibility index (Phi) is 7.48. The summed E-state index contributed by atoms with van der Waals surface area (Å²) >= 11 is 0. The Labute approximate surface area is 143 Å². The van der Waals surface area contributed by atoms with Crippen LogP contribution in [0.1, 0.15) is 41.0 Å². The van der Waals surface area contributed by atoms with Crippen LogP contribution in [0, 0.1) is 5.92 Å². The van der Waals surface area contributed by atoms with Gasteiger partial charge in [-0.1, -0.05) is 33.8 Å². The average Bonchev–Trinajstić information content (AvgIpc) is 3.16. The van der Waals surface area contributed by atoms with Crippen molar-refractivity contribution in [3.63, 3.8) is 0 Å². The summed E-state index contributed by atoms with van der Waals surface area (Å²) in [5.74, 6) is 0.615. The van der Waals surface area contributed by atoms with Crippen LogP contribution in [-0.2, 0) is 18.6 Å². The summed E-state index contributed by atoms with van der Waals surface area (Å²) in [6.07, 6.45) is 5.20. The molecule has 0 aliphatic carbocycles. The van der Waals surface area contributed by atoms with Gasteiger partial charge in [0.05, 0.1) is 6.10 Å². The van der Waals surface area contributed by atoms with Gasteiger partial charge in [-0.2, -0.15) is 0 Å². The molecule has 4 nitrogen and oxygen atoms in total. The van der Waals surface area contributed by atoms with E-state index in [2.05, 4.69) is 47.7 Å². The minimum absolute atomic E-state index is 0.164. The Bertz CT molecular complexity index is 388. The highest BCUT2D eigenvalue weighted by molar-refractivity contribution is 6.74. The van der Waals surface area contributed by atoms with Crippen LogP contribution in [0.3, 0.4) is 0 Å². The van der Waals surface area contributed by atoms with Crippen LogP contribution in [0.5, 0.6) is 0 Å². The molecular formula is C18H36O4Si. The van der Waals surface area contributed by atoms with E-state index in [9.17, 15) is 0 Å². The molecule has 0 spiro atoms. The zero-order chi connectivity index (χ0) is 17.8. The van der Waals surface area contributed by atoms with Gasteiger partial charge in [0.2, 0.25) is 0 Å². The lowest BCUT2D eigenvalue weighted by Crippen LogP contribution is -2.47. The first-order chi connectivity index (χ1) is 10.5. The van der Waals surface area contributed by atoms with Gasteiger partial charge in [-0.05, 0) is 37.0 Å². The summed E-state index contributed by atoms with van der Waals surface area (Å²) in [5, 5.41) is 0.245. The molecule has 1 fully saturated rings. The van der Waals surface area contributed by atoms with E-state index in [4.69, 9.17) is 18.6 Å². The molecule has 0 bridgehead atoms. The normalized spacial score (nSPS) is 24.0. The summed E-state index contributed by atoms with van der Waals surface area (Å²) in [6, 6.07) is 0. The molecule has 0 N–H and O–H groups in total. The number of methoxy groups -OCH3 is 2. The second-order valence-corrected chi connectivity index (χ2v) is 12.5. The monoisotopic (exact) mass is 344 g/mol. The average molecular weight is 345 g/mol. The Balaban J connectivity index is 2.46. The maximum absolute atomic E-state index is 6.52. The van der Waals surface area contributed by atoms with Crippen molar-refractivity contribution in [2.75, 3.05) is 14.2 Å². The van der Waals surface area contributed by atoms with E-state index < -0.39 is 8.32 Å². The first kappa shape index (κ1) is 20.8. The highest BCUT2D eigenvalue weighted by atomic mass is 28.4. The van der Waals surface area contributed by atoms with Crippen LogP contribution in [0.25, 0.3) is 0 Å². The SMILES string of the molecule is COC(/C=C\[C@@H]1O[C@H]1C[C@@H](C)O[Si](C)(C)C(C)(C)C(C)C)OC. The smallest absolute Gasteiger partial charge is 0.192 e. The molecule has 0 aromatic rings. The van der Waals surface area contributed by atoms with E-state index in [1.807, 2.05) is 12.2 Å². The molecule has 0 saturated carbocycles. The molecular weight excluding hydrogens is 308 g/mol. The molecule has 1 aliphatic heterocycles. The number of ether oxygens (including phenoxy) is 3. The molecule has 1 saturated heterocycles. The van der Waals surface area contributed by atoms with Gasteiger partial charge < -0.3 is 18.6 Å². The first-order valence-electron chi connectivity index (χ1n) is 8.62. The van der Waals surface area contributed by atoms with E-state index in [1.165, 1.54) is 0 Å². The topological polar surface area (TPSA) is 40.2 Å². The molecule has 1 rings (SSSR count). The number of epoxide rings is 1. The molecule has 0 unspecified atom stereocenters. The van der Waals surface area contributed by atoms with Gasteiger partial charge in [-0.25, -0.2) is 0 Å². The molecule has 136 valence electrons. The third-order valence-electron chi connectivity index (χ3n) is 5.60. The van der Waals surface area contributed by atoms with E-state index in [0.717, 1.165) is 6.42 Å². The molecule has 3 atom stereocenters. The molecule has 0 aromatic heterocycles. The first-order valence-corrected chi connectivity index (χ1v) is 11.5. The lowest BCUT2D eigenvalue weighted by Gasteiger charge is -2.44. The molecule has 5 heteroatoms. The second kappa shape index (κ2) is 8.25. The van der Waals surface area contributed by atoms with Gasteiger partial charge in [-0.15, -0.1) is 0 Å². The van der Waals surface area contributed by atoms with Crippen molar-refractivity contribution in [1.82, 2.24) is 0 Å². The van der Waals surface area contributed by atoms with E-state index in [-0.39, 0.29) is 29.6 Å². The van der Waals surface area contributed by atoms with Crippen LogP contribution in [0.4, 0.5) is 0 Å². The van der Waals surface area contributed by atoms with Crippen LogP contribution < -0.4 is 0 Å². The summed E-state index contributed by atoms with van der Waals surface area (Å²) in [4.78, 5) is 0. The van der Waals surface area contributed by atoms with Crippen molar-refractivity contribution in [2.45, 2.75) is 83.8 Å². The molecule has 0 aromatic carbocycles. The quantitative estimate of drug-likeness (QED) is 0.255. The van der Waals surface area contributed by atoms with Gasteiger partial charge in [0.15, 0.2) is 14.6 Å². The summed E-state index contributed by atoms with van der Waals surface area (Å²) in [5.41, 5.74) is 0. The fourth-order valence-corrected chi connectivity index (χ4v) is 5.49. The maximum Gasteiger partial charge on any atom is 0.192 e. The van der Waals surface area contributed by atoms with Gasteiger partial charge >= 0.3 is 0 Å². The van der Waals surface area contributed by atoms with Gasteiger partial charge in [0.1, 0.15) is 6.10 Å². The van der Waals surface area contributed by atoms with Crippen molar-refractivity contribution >= 4 is 8.32 Å². The zero-order valence-electron chi connectivity index (χ0n) is 16.4. The Morgan fingerprint density at radius 3 is 2.17 bits per heavy atom. The molecule has 1 aliphatic rings. The zero-order valence-corrected chi connectivity index (χ0v) is 17.4. The Morgan fingerprint density at radius 1 is 1.13 bits per heavy atom. The van der Waals surface area contributed by atoms with E-state index >= 15 is 0 Å². The largest absolute Gasteiger partial charge is 0.414 e. The molecule has 23 heavy (non-hydrogen) atoms. The van der Waals surface area contributed by atoms with Crippen LogP contribution in [0.2, 0.25) is 18.1 Å².